The van der Waals surface area contributed by atoms with Crippen LogP contribution in [0.15, 0.2) is 60.8 Å². The Morgan fingerprint density at radius 2 is 1.93 bits per heavy atom. The molecule has 3 N–H and O–H groups in total. The number of hydrogen-bond donors (Lipinski definition) is 3. The van der Waals surface area contributed by atoms with E-state index in [9.17, 15) is 15.0 Å². The van der Waals surface area contributed by atoms with Crippen LogP contribution in [-0.2, 0) is 23.1 Å². The van der Waals surface area contributed by atoms with Crippen LogP contribution in [0.4, 0.5) is 5.69 Å². The first-order chi connectivity index (χ1) is 20.3. The molecule has 0 saturated heterocycles. The van der Waals surface area contributed by atoms with Gasteiger partial charge in [0.25, 0.3) is 0 Å². The number of benzene rings is 2. The molecule has 1 unspecified atom stereocenters. The molecule has 1 aromatic heterocycles. The van der Waals surface area contributed by atoms with Gasteiger partial charge in [-0.2, -0.15) is 0 Å². The zero-order valence-electron chi connectivity index (χ0n) is 24.3. The summed E-state index contributed by atoms with van der Waals surface area (Å²) in [5.74, 6) is 0.788. The SMILES string of the molecule is C[C@@H](COc1ccnc2c1CCCCC2O)C[C@H]1Cc2ccccc2C12CCC(Nc1cccc(Cl)c1)(C(=O)O)CC2. The molecule has 6 nitrogen and oxygen atoms in total. The van der Waals surface area contributed by atoms with Crippen molar-refractivity contribution in [1.29, 1.82) is 0 Å². The quantitative estimate of drug-likeness (QED) is 0.236. The number of aliphatic hydroxyl groups is 1. The molecule has 1 spiro atoms. The number of anilines is 1. The predicted molar refractivity (Wildman–Crippen MR) is 165 cm³/mol. The number of halogens is 1. The topological polar surface area (TPSA) is 91.7 Å². The fourth-order valence-electron chi connectivity index (χ4n) is 7.93. The summed E-state index contributed by atoms with van der Waals surface area (Å²) in [6, 6.07) is 18.0. The maximum atomic E-state index is 12.7. The van der Waals surface area contributed by atoms with Crippen molar-refractivity contribution in [3.05, 3.63) is 88.2 Å². The molecule has 0 bridgehead atoms. The molecule has 3 aliphatic rings. The van der Waals surface area contributed by atoms with Crippen LogP contribution in [-0.4, -0.2) is 33.3 Å². The first kappa shape index (κ1) is 29.0. The highest BCUT2D eigenvalue weighted by Gasteiger charge is 2.54. The molecule has 2 aromatic carbocycles. The molecule has 0 amide bonds. The second-order valence-corrected chi connectivity index (χ2v) is 13.3. The van der Waals surface area contributed by atoms with Crippen molar-refractivity contribution >= 4 is 23.3 Å². The van der Waals surface area contributed by atoms with Crippen molar-refractivity contribution < 1.29 is 19.7 Å². The van der Waals surface area contributed by atoms with Gasteiger partial charge in [0.1, 0.15) is 11.3 Å². The molecule has 0 radical (unpaired) electrons. The number of aliphatic carboxylic acids is 1. The molecule has 1 saturated carbocycles. The number of rotatable bonds is 8. The normalized spacial score (nSPS) is 27.5. The van der Waals surface area contributed by atoms with Crippen molar-refractivity contribution in [2.45, 2.75) is 88.2 Å². The Bertz CT molecular complexity index is 1430. The zero-order valence-corrected chi connectivity index (χ0v) is 25.1. The maximum Gasteiger partial charge on any atom is 0.329 e. The van der Waals surface area contributed by atoms with Gasteiger partial charge in [-0.3, -0.25) is 4.98 Å². The largest absolute Gasteiger partial charge is 0.493 e. The van der Waals surface area contributed by atoms with Gasteiger partial charge >= 0.3 is 5.97 Å². The van der Waals surface area contributed by atoms with Crippen molar-refractivity contribution in [3.8, 4) is 5.75 Å². The molecule has 1 heterocycles. The average molecular weight is 589 g/mol. The highest BCUT2D eigenvalue weighted by molar-refractivity contribution is 6.30. The second-order valence-electron chi connectivity index (χ2n) is 12.8. The standard InChI is InChI=1S/C35H41ClN2O4/c1-23(22-42-31-13-18-37-32-28(31)10-3-5-12-30(32)39)19-25-20-24-7-2-4-11-29(24)34(25)14-16-35(17-15-34,33(40)41)38-27-9-6-8-26(36)21-27/h2,4,6-9,11,13,18,21,23,25,30,38-39H,3,5,10,12,14-17,19-20,22H2,1H3,(H,40,41)/t23-,25+,30?,34?,35?/m1/s1. The number of carbonyl (C=O) groups is 1. The number of hydrogen-bond acceptors (Lipinski definition) is 5. The molecule has 7 heteroatoms. The smallest absolute Gasteiger partial charge is 0.329 e. The van der Waals surface area contributed by atoms with Gasteiger partial charge in [0.05, 0.1) is 18.4 Å². The summed E-state index contributed by atoms with van der Waals surface area (Å²) in [5.41, 5.74) is 4.32. The van der Waals surface area contributed by atoms with Gasteiger partial charge in [-0.1, -0.05) is 55.3 Å². The summed E-state index contributed by atoms with van der Waals surface area (Å²) in [7, 11) is 0. The van der Waals surface area contributed by atoms with E-state index in [4.69, 9.17) is 16.3 Å². The molecular weight excluding hydrogens is 548 g/mol. The van der Waals surface area contributed by atoms with Crippen LogP contribution in [0.2, 0.25) is 5.02 Å². The van der Waals surface area contributed by atoms with Crippen LogP contribution in [0.3, 0.4) is 0 Å². The number of nitrogens with one attached hydrogen (secondary N) is 1. The molecule has 3 aromatic rings. The zero-order chi connectivity index (χ0) is 29.3. The van der Waals surface area contributed by atoms with Crippen LogP contribution in [0.5, 0.6) is 5.75 Å². The van der Waals surface area contributed by atoms with Crippen molar-refractivity contribution in [2.75, 3.05) is 11.9 Å². The monoisotopic (exact) mass is 588 g/mol. The number of pyridine rings is 1. The number of carboxylic acids is 1. The van der Waals surface area contributed by atoms with E-state index in [2.05, 4.69) is 41.5 Å². The number of nitrogens with zero attached hydrogens (tertiary/aromatic N) is 1. The minimum atomic E-state index is -1.02. The van der Waals surface area contributed by atoms with Gasteiger partial charge in [0.2, 0.25) is 0 Å². The number of ether oxygens (including phenoxy) is 1. The number of aliphatic hydroxyl groups excluding tert-OH is 1. The Labute approximate surface area is 253 Å². The van der Waals surface area contributed by atoms with E-state index in [1.54, 1.807) is 18.3 Å². The van der Waals surface area contributed by atoms with Crippen LogP contribution in [0.1, 0.15) is 86.8 Å². The molecule has 3 aliphatic carbocycles. The minimum Gasteiger partial charge on any atom is -0.493 e. The third-order valence-electron chi connectivity index (χ3n) is 10.1. The first-order valence-corrected chi connectivity index (χ1v) is 15.8. The van der Waals surface area contributed by atoms with Crippen molar-refractivity contribution in [2.24, 2.45) is 11.8 Å². The second kappa shape index (κ2) is 11.9. The molecule has 222 valence electrons. The first-order valence-electron chi connectivity index (χ1n) is 15.4. The Kier molecular flexibility index (Phi) is 8.21. The molecule has 0 aliphatic heterocycles. The minimum absolute atomic E-state index is 0.0440. The fraction of sp³-hybridized carbons (Fsp3) is 0.486. The number of carboxylic acid groups (broad SMARTS) is 1. The lowest BCUT2D eigenvalue weighted by Crippen LogP contribution is -2.53. The average Bonchev–Trinajstić information content (AvgIpc) is 3.13. The maximum absolute atomic E-state index is 12.7. The van der Waals surface area contributed by atoms with Crippen LogP contribution in [0.25, 0.3) is 0 Å². The lowest BCUT2D eigenvalue weighted by atomic mass is 9.59. The van der Waals surface area contributed by atoms with Crippen LogP contribution >= 0.6 is 11.6 Å². The van der Waals surface area contributed by atoms with Gasteiger partial charge < -0.3 is 20.3 Å². The Morgan fingerprint density at radius 1 is 1.12 bits per heavy atom. The molecule has 6 rings (SSSR count). The van der Waals surface area contributed by atoms with E-state index in [0.717, 1.165) is 74.1 Å². The van der Waals surface area contributed by atoms with Crippen molar-refractivity contribution in [3.63, 3.8) is 0 Å². The van der Waals surface area contributed by atoms with E-state index in [-0.39, 0.29) is 5.41 Å². The fourth-order valence-corrected chi connectivity index (χ4v) is 8.12. The Balaban J connectivity index is 1.18. The molecule has 3 atom stereocenters. The lowest BCUT2D eigenvalue weighted by molar-refractivity contribution is -0.144. The summed E-state index contributed by atoms with van der Waals surface area (Å²) >= 11 is 6.21. The van der Waals surface area contributed by atoms with Gasteiger partial charge in [0.15, 0.2) is 0 Å². The van der Waals surface area contributed by atoms with E-state index < -0.39 is 17.6 Å². The summed E-state index contributed by atoms with van der Waals surface area (Å²) < 4.78 is 6.42. The summed E-state index contributed by atoms with van der Waals surface area (Å²) in [6.45, 7) is 2.86. The van der Waals surface area contributed by atoms with Gasteiger partial charge in [-0.05, 0) is 110 Å². The van der Waals surface area contributed by atoms with Crippen LogP contribution in [0, 0.1) is 11.8 Å². The van der Waals surface area contributed by atoms with Gasteiger partial charge in [-0.25, -0.2) is 4.79 Å². The Hall–Kier alpha value is -3.09. The summed E-state index contributed by atoms with van der Waals surface area (Å²) in [4.78, 5) is 17.2. The number of aromatic nitrogens is 1. The molecule has 42 heavy (non-hydrogen) atoms. The van der Waals surface area contributed by atoms with Crippen LogP contribution < -0.4 is 10.1 Å². The molecule has 1 fully saturated rings. The summed E-state index contributed by atoms with van der Waals surface area (Å²) in [6.07, 6.45) is 9.67. The molecular formula is C35H41ClN2O4. The lowest BCUT2D eigenvalue weighted by Gasteiger charge is -2.47. The third kappa shape index (κ3) is 5.51. The van der Waals surface area contributed by atoms with E-state index in [1.165, 1.54) is 11.1 Å². The van der Waals surface area contributed by atoms with Gasteiger partial charge in [-0.15, -0.1) is 0 Å². The highest BCUT2D eigenvalue weighted by atomic mass is 35.5. The number of fused-ring (bicyclic) bond motifs is 3. The Morgan fingerprint density at radius 3 is 2.71 bits per heavy atom. The predicted octanol–water partition coefficient (Wildman–Crippen LogP) is 7.52. The van der Waals surface area contributed by atoms with E-state index in [0.29, 0.717) is 36.3 Å². The van der Waals surface area contributed by atoms with Gasteiger partial charge in [0, 0.05) is 22.5 Å². The van der Waals surface area contributed by atoms with Crippen molar-refractivity contribution in [1.82, 2.24) is 4.98 Å². The van der Waals surface area contributed by atoms with E-state index >= 15 is 0 Å². The summed E-state index contributed by atoms with van der Waals surface area (Å²) in [5, 5.41) is 24.9. The van der Waals surface area contributed by atoms with E-state index in [1.807, 2.05) is 18.2 Å². The third-order valence-corrected chi connectivity index (χ3v) is 10.4. The highest BCUT2D eigenvalue weighted by Crippen LogP contribution is 2.56.